The molecule has 0 radical (unpaired) electrons. The van der Waals surface area contributed by atoms with Gasteiger partial charge in [0.15, 0.2) is 0 Å². The number of likely N-dealkylation sites (N-methyl/N-ethyl adjacent to an activating group) is 1. The van der Waals surface area contributed by atoms with E-state index < -0.39 is 0 Å². The van der Waals surface area contributed by atoms with Crippen molar-refractivity contribution < 1.29 is 4.79 Å². The van der Waals surface area contributed by atoms with Gasteiger partial charge in [0, 0.05) is 50.5 Å². The third kappa shape index (κ3) is 3.48. The van der Waals surface area contributed by atoms with E-state index in [2.05, 4.69) is 54.6 Å². The van der Waals surface area contributed by atoms with Crippen LogP contribution in [0.5, 0.6) is 0 Å². The number of rotatable bonds is 4. The van der Waals surface area contributed by atoms with Gasteiger partial charge in [-0.1, -0.05) is 6.07 Å². The number of aromatic amines is 1. The molecule has 6 rings (SSSR count). The molecule has 8 nitrogen and oxygen atoms in total. The third-order valence-electron chi connectivity index (χ3n) is 6.60. The molecule has 1 fully saturated rings. The molecule has 166 valence electrons. The summed E-state index contributed by atoms with van der Waals surface area (Å²) in [5.74, 6) is 0.655. The summed E-state index contributed by atoms with van der Waals surface area (Å²) in [5.41, 5.74) is 6.51. The van der Waals surface area contributed by atoms with Crippen LogP contribution >= 0.6 is 0 Å². The molecular weight excluding hydrogens is 414 g/mol. The summed E-state index contributed by atoms with van der Waals surface area (Å²) < 4.78 is 0. The Bertz CT molecular complexity index is 1340. The van der Waals surface area contributed by atoms with E-state index in [1.165, 1.54) is 0 Å². The van der Waals surface area contributed by atoms with Crippen LogP contribution in [0.4, 0.5) is 17.2 Å². The summed E-state index contributed by atoms with van der Waals surface area (Å²) in [5, 5.41) is 7.39. The monoisotopic (exact) mass is 439 g/mol. The van der Waals surface area contributed by atoms with Gasteiger partial charge in [0.25, 0.3) is 5.91 Å². The predicted molar refractivity (Wildman–Crippen MR) is 130 cm³/mol. The average Bonchev–Trinajstić information content (AvgIpc) is 3.48. The molecule has 1 saturated heterocycles. The van der Waals surface area contributed by atoms with Crippen LogP contribution in [0.2, 0.25) is 0 Å². The van der Waals surface area contributed by atoms with E-state index in [1.54, 1.807) is 6.20 Å². The molecule has 8 heteroatoms. The van der Waals surface area contributed by atoms with Crippen molar-refractivity contribution in [3.05, 3.63) is 66.1 Å². The maximum absolute atomic E-state index is 12.8. The smallest absolute Gasteiger partial charge is 0.254 e. The highest BCUT2D eigenvalue weighted by molar-refractivity contribution is 6.07. The van der Waals surface area contributed by atoms with Crippen LogP contribution in [-0.4, -0.2) is 59.0 Å². The number of benzene rings is 1. The third-order valence-corrected chi connectivity index (χ3v) is 6.60. The summed E-state index contributed by atoms with van der Waals surface area (Å²) in [7, 11) is 2.15. The van der Waals surface area contributed by atoms with Crippen molar-refractivity contribution in [2.75, 3.05) is 43.4 Å². The van der Waals surface area contributed by atoms with Crippen molar-refractivity contribution in [1.29, 1.82) is 0 Å². The maximum Gasteiger partial charge on any atom is 0.254 e. The Labute approximate surface area is 191 Å². The lowest BCUT2D eigenvalue weighted by Crippen LogP contribution is -2.44. The number of aromatic nitrogens is 3. The van der Waals surface area contributed by atoms with Gasteiger partial charge in [-0.05, 0) is 54.1 Å². The minimum Gasteiger partial charge on any atom is -0.368 e. The lowest BCUT2D eigenvalue weighted by molar-refractivity contribution is 0.0966. The number of hydrogen-bond acceptors (Lipinski definition) is 6. The first-order chi connectivity index (χ1) is 16.2. The minimum atomic E-state index is -0.0669. The zero-order valence-electron chi connectivity index (χ0n) is 18.4. The van der Waals surface area contributed by atoms with Gasteiger partial charge < -0.3 is 25.4 Å². The number of hydrogen-bond donors (Lipinski definition) is 3. The Morgan fingerprint density at radius 2 is 1.85 bits per heavy atom. The SMILES string of the molecule is CN1CCN(c2ccc(Nc3ccc(-c4ccnc5[nH]ccc45)c4c3C(=O)NC4)nc2)CC1. The number of pyridine rings is 2. The van der Waals surface area contributed by atoms with Gasteiger partial charge in [0.2, 0.25) is 0 Å². The van der Waals surface area contributed by atoms with E-state index in [-0.39, 0.29) is 5.91 Å². The van der Waals surface area contributed by atoms with Crippen LogP contribution < -0.4 is 15.5 Å². The van der Waals surface area contributed by atoms with Gasteiger partial charge in [0.05, 0.1) is 23.1 Å². The van der Waals surface area contributed by atoms with Crippen molar-refractivity contribution in [3.63, 3.8) is 0 Å². The molecule has 0 spiro atoms. The topological polar surface area (TPSA) is 89.2 Å². The van der Waals surface area contributed by atoms with Gasteiger partial charge in [-0.3, -0.25) is 4.79 Å². The molecule has 4 aromatic rings. The number of carbonyl (C=O) groups is 1. The summed E-state index contributed by atoms with van der Waals surface area (Å²) in [4.78, 5) is 29.6. The number of nitrogens with one attached hydrogen (secondary N) is 3. The number of fused-ring (bicyclic) bond motifs is 2. The lowest BCUT2D eigenvalue weighted by atomic mass is 9.94. The van der Waals surface area contributed by atoms with E-state index in [9.17, 15) is 4.79 Å². The standard InChI is InChI=1S/C25H25N7O/c1-31-10-12-32(13-11-31)16-2-5-22(28-14-16)30-21-4-3-17(20-15-29-25(33)23(20)21)18-6-8-26-24-19(18)7-9-27-24/h2-9,14H,10-13,15H2,1H3,(H,26,27)(H,28,30)(H,29,33). The molecule has 3 N–H and O–H groups in total. The number of amides is 1. The number of carbonyl (C=O) groups excluding carboxylic acids is 1. The van der Waals surface area contributed by atoms with Crippen molar-refractivity contribution in [2.45, 2.75) is 6.54 Å². The van der Waals surface area contributed by atoms with Gasteiger partial charge >= 0.3 is 0 Å². The first kappa shape index (κ1) is 19.8. The van der Waals surface area contributed by atoms with Crippen LogP contribution in [0.1, 0.15) is 15.9 Å². The molecule has 5 heterocycles. The van der Waals surface area contributed by atoms with Gasteiger partial charge in [-0.25, -0.2) is 9.97 Å². The quantitative estimate of drug-likeness (QED) is 0.452. The van der Waals surface area contributed by atoms with E-state index in [0.717, 1.165) is 71.1 Å². The largest absolute Gasteiger partial charge is 0.368 e. The van der Waals surface area contributed by atoms with E-state index in [4.69, 9.17) is 0 Å². The molecule has 3 aromatic heterocycles. The molecule has 0 aliphatic carbocycles. The Morgan fingerprint density at radius 3 is 2.67 bits per heavy atom. The fraction of sp³-hybridized carbons (Fsp3) is 0.240. The molecule has 2 aliphatic heterocycles. The van der Waals surface area contributed by atoms with Crippen molar-refractivity contribution in [1.82, 2.24) is 25.2 Å². The summed E-state index contributed by atoms with van der Waals surface area (Å²) in [6, 6.07) is 12.1. The summed E-state index contributed by atoms with van der Waals surface area (Å²) >= 11 is 0. The molecule has 2 aliphatic rings. The first-order valence-electron chi connectivity index (χ1n) is 11.2. The Hall–Kier alpha value is -3.91. The van der Waals surface area contributed by atoms with Crippen LogP contribution in [0.15, 0.2) is 55.0 Å². The number of piperazine rings is 1. The maximum atomic E-state index is 12.8. The highest BCUT2D eigenvalue weighted by Crippen LogP contribution is 2.37. The second kappa shape index (κ2) is 7.90. The fourth-order valence-electron chi connectivity index (χ4n) is 4.75. The highest BCUT2D eigenvalue weighted by atomic mass is 16.1. The van der Waals surface area contributed by atoms with E-state index in [1.807, 2.05) is 36.7 Å². The summed E-state index contributed by atoms with van der Waals surface area (Å²) in [6.45, 7) is 4.62. The zero-order valence-corrected chi connectivity index (χ0v) is 18.4. The van der Waals surface area contributed by atoms with Gasteiger partial charge in [-0.2, -0.15) is 0 Å². The highest BCUT2D eigenvalue weighted by Gasteiger charge is 2.27. The second-order valence-corrected chi connectivity index (χ2v) is 8.61. The van der Waals surface area contributed by atoms with Crippen molar-refractivity contribution >= 4 is 34.1 Å². The van der Waals surface area contributed by atoms with Crippen LogP contribution in [0.25, 0.3) is 22.2 Å². The molecule has 33 heavy (non-hydrogen) atoms. The molecule has 0 saturated carbocycles. The number of nitrogens with zero attached hydrogens (tertiary/aromatic N) is 4. The number of H-pyrrole nitrogens is 1. The predicted octanol–water partition coefficient (Wildman–Crippen LogP) is 3.36. The lowest BCUT2D eigenvalue weighted by Gasteiger charge is -2.33. The molecular formula is C25H25N7O. The Kier molecular flexibility index (Phi) is 4.73. The molecule has 0 bridgehead atoms. The van der Waals surface area contributed by atoms with Gasteiger partial charge in [-0.15, -0.1) is 0 Å². The normalized spacial score (nSPS) is 16.2. The van der Waals surface area contributed by atoms with Crippen LogP contribution in [-0.2, 0) is 6.54 Å². The van der Waals surface area contributed by atoms with Crippen molar-refractivity contribution in [3.8, 4) is 11.1 Å². The zero-order chi connectivity index (χ0) is 22.4. The first-order valence-corrected chi connectivity index (χ1v) is 11.2. The van der Waals surface area contributed by atoms with Crippen LogP contribution in [0.3, 0.4) is 0 Å². The Morgan fingerprint density at radius 1 is 0.970 bits per heavy atom. The molecule has 1 aromatic carbocycles. The molecule has 0 atom stereocenters. The average molecular weight is 440 g/mol. The Balaban J connectivity index is 1.31. The number of anilines is 3. The van der Waals surface area contributed by atoms with Crippen molar-refractivity contribution in [2.24, 2.45) is 0 Å². The van der Waals surface area contributed by atoms with Crippen LogP contribution in [0, 0.1) is 0 Å². The second-order valence-electron chi connectivity index (χ2n) is 8.61. The fourth-order valence-corrected chi connectivity index (χ4v) is 4.75. The molecule has 1 amide bonds. The van der Waals surface area contributed by atoms with Gasteiger partial charge in [0.1, 0.15) is 11.5 Å². The van der Waals surface area contributed by atoms with E-state index in [0.29, 0.717) is 12.1 Å². The van der Waals surface area contributed by atoms with E-state index >= 15 is 0 Å². The molecule has 0 unspecified atom stereocenters. The minimum absolute atomic E-state index is 0.0669. The summed E-state index contributed by atoms with van der Waals surface area (Å²) in [6.07, 6.45) is 5.59.